The van der Waals surface area contributed by atoms with Gasteiger partial charge in [-0.05, 0) is 48.6 Å². The minimum atomic E-state index is -0.894. The van der Waals surface area contributed by atoms with Crippen molar-refractivity contribution in [3.8, 4) is 0 Å². The van der Waals surface area contributed by atoms with Gasteiger partial charge in [-0.2, -0.15) is 0 Å². The van der Waals surface area contributed by atoms with E-state index < -0.39 is 36.4 Å². The van der Waals surface area contributed by atoms with Crippen molar-refractivity contribution in [1.29, 1.82) is 0 Å². The number of carbonyl (C=O) groups excluding carboxylic acids is 1. The molecule has 3 rings (SSSR count). The van der Waals surface area contributed by atoms with E-state index in [0.717, 1.165) is 3.57 Å². The topological polar surface area (TPSA) is 74.2 Å². The molecule has 2 aliphatic rings. The van der Waals surface area contributed by atoms with Crippen molar-refractivity contribution in [2.24, 2.45) is 0 Å². The average Bonchev–Trinajstić information content (AvgIpc) is 2.90. The smallest absolute Gasteiger partial charge is 0.339 e. The molecular formula is C15H17IO6. The van der Waals surface area contributed by atoms with E-state index in [1.54, 1.807) is 26.0 Å². The Morgan fingerprint density at radius 1 is 1.36 bits per heavy atom. The maximum Gasteiger partial charge on any atom is 0.339 e. The Labute approximate surface area is 141 Å². The first kappa shape index (κ1) is 16.1. The summed E-state index contributed by atoms with van der Waals surface area (Å²) < 4.78 is 22.7. The van der Waals surface area contributed by atoms with Crippen LogP contribution in [0.25, 0.3) is 0 Å². The van der Waals surface area contributed by atoms with Gasteiger partial charge in [0, 0.05) is 3.57 Å². The second-order valence-electron chi connectivity index (χ2n) is 5.71. The highest BCUT2D eigenvalue weighted by Gasteiger charge is 2.54. The zero-order chi connectivity index (χ0) is 15.9. The molecule has 1 N–H and O–H groups in total. The minimum Gasteiger partial charge on any atom is -0.459 e. The Bertz CT molecular complexity index is 575. The lowest BCUT2D eigenvalue weighted by atomic mass is 10.1. The number of rotatable bonds is 3. The van der Waals surface area contributed by atoms with Crippen LogP contribution >= 0.6 is 22.6 Å². The van der Waals surface area contributed by atoms with E-state index in [9.17, 15) is 9.90 Å². The van der Waals surface area contributed by atoms with Gasteiger partial charge in [-0.1, -0.05) is 12.1 Å². The van der Waals surface area contributed by atoms with Crippen molar-refractivity contribution in [2.45, 2.75) is 44.2 Å². The average molecular weight is 420 g/mol. The Balaban J connectivity index is 1.58. The fourth-order valence-corrected chi connectivity index (χ4v) is 3.17. The Kier molecular flexibility index (Phi) is 4.43. The normalized spacial score (nSPS) is 32.7. The molecule has 1 aromatic carbocycles. The van der Waals surface area contributed by atoms with Gasteiger partial charge >= 0.3 is 5.97 Å². The molecule has 4 atom stereocenters. The molecule has 1 unspecified atom stereocenters. The van der Waals surface area contributed by atoms with E-state index in [4.69, 9.17) is 18.9 Å². The fraction of sp³-hybridized carbons (Fsp3) is 0.533. The third kappa shape index (κ3) is 3.13. The first-order valence-electron chi connectivity index (χ1n) is 6.98. The van der Waals surface area contributed by atoms with E-state index in [2.05, 4.69) is 22.6 Å². The Hall–Kier alpha value is -0.740. The number of carbonyl (C=O) groups is 1. The Morgan fingerprint density at radius 2 is 2.09 bits per heavy atom. The second-order valence-corrected chi connectivity index (χ2v) is 6.87. The SMILES string of the molecule is CC1(C)OC2[C@@H](O[C@@H](COC(=O)c3ccccc3I)[C@H]2O)O1. The van der Waals surface area contributed by atoms with Crippen LogP contribution in [0.2, 0.25) is 0 Å². The summed E-state index contributed by atoms with van der Waals surface area (Å²) in [6, 6.07) is 7.14. The van der Waals surface area contributed by atoms with Crippen LogP contribution in [0.3, 0.4) is 0 Å². The number of fused-ring (bicyclic) bond motifs is 1. The van der Waals surface area contributed by atoms with Gasteiger partial charge in [-0.25, -0.2) is 4.79 Å². The number of hydrogen-bond donors (Lipinski definition) is 1. The number of benzene rings is 1. The zero-order valence-corrected chi connectivity index (χ0v) is 14.3. The van der Waals surface area contributed by atoms with Crippen LogP contribution in [0, 0.1) is 3.57 Å². The molecule has 0 bridgehead atoms. The molecule has 0 aromatic heterocycles. The fourth-order valence-electron chi connectivity index (χ4n) is 2.56. The molecule has 0 radical (unpaired) electrons. The van der Waals surface area contributed by atoms with E-state index in [-0.39, 0.29) is 6.61 Å². The van der Waals surface area contributed by atoms with Crippen molar-refractivity contribution in [3.05, 3.63) is 33.4 Å². The number of esters is 1. The van der Waals surface area contributed by atoms with Crippen LogP contribution in [-0.4, -0.2) is 48.1 Å². The molecule has 2 heterocycles. The van der Waals surface area contributed by atoms with Gasteiger partial charge in [0.1, 0.15) is 24.9 Å². The Morgan fingerprint density at radius 3 is 2.77 bits per heavy atom. The second kappa shape index (κ2) is 6.04. The van der Waals surface area contributed by atoms with Crippen molar-refractivity contribution in [3.63, 3.8) is 0 Å². The number of aliphatic hydroxyl groups is 1. The van der Waals surface area contributed by atoms with E-state index in [1.807, 2.05) is 12.1 Å². The van der Waals surface area contributed by atoms with Gasteiger partial charge < -0.3 is 24.1 Å². The highest BCUT2D eigenvalue weighted by atomic mass is 127. The molecule has 2 saturated heterocycles. The molecule has 120 valence electrons. The maximum atomic E-state index is 12.1. The van der Waals surface area contributed by atoms with Crippen molar-refractivity contribution in [2.75, 3.05) is 6.61 Å². The molecule has 0 aliphatic carbocycles. The lowest BCUT2D eigenvalue weighted by Gasteiger charge is -2.22. The molecule has 6 nitrogen and oxygen atoms in total. The van der Waals surface area contributed by atoms with Gasteiger partial charge in [-0.15, -0.1) is 0 Å². The first-order chi connectivity index (χ1) is 10.4. The highest BCUT2D eigenvalue weighted by Crippen LogP contribution is 2.37. The van der Waals surface area contributed by atoms with Crippen LogP contribution in [-0.2, 0) is 18.9 Å². The lowest BCUT2D eigenvalue weighted by Crippen LogP contribution is -2.37. The summed E-state index contributed by atoms with van der Waals surface area (Å²) in [5, 5.41) is 10.2. The summed E-state index contributed by atoms with van der Waals surface area (Å²) in [4.78, 5) is 12.1. The first-order valence-corrected chi connectivity index (χ1v) is 8.06. The van der Waals surface area contributed by atoms with Gasteiger partial charge in [-0.3, -0.25) is 0 Å². The third-order valence-corrected chi connectivity index (χ3v) is 4.53. The summed E-state index contributed by atoms with van der Waals surface area (Å²) >= 11 is 2.07. The molecule has 1 aromatic rings. The third-order valence-electron chi connectivity index (χ3n) is 3.59. The zero-order valence-electron chi connectivity index (χ0n) is 12.2. The van der Waals surface area contributed by atoms with E-state index in [1.165, 1.54) is 0 Å². The minimum absolute atomic E-state index is 0.0505. The molecule has 2 aliphatic heterocycles. The number of aliphatic hydroxyl groups excluding tert-OH is 1. The van der Waals surface area contributed by atoms with Gasteiger partial charge in [0.2, 0.25) is 0 Å². The number of halogens is 1. The monoisotopic (exact) mass is 420 g/mol. The predicted octanol–water partition coefficient (Wildman–Crippen LogP) is 1.69. The van der Waals surface area contributed by atoms with Crippen LogP contribution in [0.15, 0.2) is 24.3 Å². The summed E-state index contributed by atoms with van der Waals surface area (Å²) in [5.41, 5.74) is 0.490. The van der Waals surface area contributed by atoms with Crippen LogP contribution < -0.4 is 0 Å². The van der Waals surface area contributed by atoms with Crippen LogP contribution in [0.5, 0.6) is 0 Å². The largest absolute Gasteiger partial charge is 0.459 e. The molecule has 0 amide bonds. The summed E-state index contributed by atoms with van der Waals surface area (Å²) in [7, 11) is 0. The van der Waals surface area contributed by atoms with Crippen molar-refractivity contribution >= 4 is 28.6 Å². The summed E-state index contributed by atoms with van der Waals surface area (Å²) in [6.45, 7) is 3.46. The molecule has 22 heavy (non-hydrogen) atoms. The standard InChI is InChI=1S/C15H17IO6/c1-15(2)21-12-11(17)10(20-14(12)22-15)7-19-13(18)8-5-3-4-6-9(8)16/h3-6,10-12,14,17H,7H2,1-2H3/t10-,11+,12?,14-/m0/s1. The number of ether oxygens (including phenoxy) is 4. The van der Waals surface area contributed by atoms with Crippen molar-refractivity contribution < 1.29 is 28.8 Å². The van der Waals surface area contributed by atoms with Crippen LogP contribution in [0.1, 0.15) is 24.2 Å². The summed E-state index contributed by atoms with van der Waals surface area (Å²) in [6.07, 6.45) is -2.74. The van der Waals surface area contributed by atoms with Crippen LogP contribution in [0.4, 0.5) is 0 Å². The van der Waals surface area contributed by atoms with Gasteiger partial charge in [0.05, 0.1) is 5.56 Å². The highest BCUT2D eigenvalue weighted by molar-refractivity contribution is 14.1. The molecule has 0 spiro atoms. The molecule has 7 heteroatoms. The van der Waals surface area contributed by atoms with Gasteiger partial charge in [0.25, 0.3) is 0 Å². The molecule has 2 fully saturated rings. The van der Waals surface area contributed by atoms with E-state index in [0.29, 0.717) is 5.56 Å². The number of hydrogen-bond acceptors (Lipinski definition) is 6. The summed E-state index contributed by atoms with van der Waals surface area (Å²) in [5.74, 6) is -1.22. The molecule has 0 saturated carbocycles. The lowest BCUT2D eigenvalue weighted by molar-refractivity contribution is -0.218. The maximum absolute atomic E-state index is 12.1. The van der Waals surface area contributed by atoms with Gasteiger partial charge in [0.15, 0.2) is 12.1 Å². The van der Waals surface area contributed by atoms with Crippen molar-refractivity contribution in [1.82, 2.24) is 0 Å². The molecular weight excluding hydrogens is 403 g/mol. The quantitative estimate of drug-likeness (QED) is 0.593. The predicted molar refractivity (Wildman–Crippen MR) is 84.1 cm³/mol. The van der Waals surface area contributed by atoms with E-state index >= 15 is 0 Å².